The minimum atomic E-state index is 1.19. The molecule has 0 bridgehead atoms. The molecule has 0 saturated carbocycles. The fourth-order valence-electron chi connectivity index (χ4n) is 2.63. The smallest absolute Gasteiger partial charge is 0.234 e. The topological polar surface area (TPSA) is 8.81 Å². The predicted molar refractivity (Wildman–Crippen MR) is 82.3 cm³/mol. The Morgan fingerprint density at radius 3 is 2.32 bits per heavy atom. The van der Waals surface area contributed by atoms with Gasteiger partial charge in [0.05, 0.1) is 13.1 Å². The summed E-state index contributed by atoms with van der Waals surface area (Å²) in [6, 6.07) is 0. The van der Waals surface area contributed by atoms with E-state index in [0.717, 1.165) is 0 Å². The average Bonchev–Trinajstić information content (AvgIpc) is 2.79. The van der Waals surface area contributed by atoms with Gasteiger partial charge in [0.1, 0.15) is 12.4 Å². The number of hydrogen-bond acceptors (Lipinski definition) is 0. The van der Waals surface area contributed by atoms with Crippen molar-refractivity contribution in [2.75, 3.05) is 0 Å². The van der Waals surface area contributed by atoms with Gasteiger partial charge in [-0.25, -0.2) is 9.13 Å². The van der Waals surface area contributed by atoms with E-state index in [1.807, 2.05) is 0 Å². The number of aryl methyl sites for hydroxylation is 2. The molecule has 0 N–H and O–H groups in total. The molecule has 0 aliphatic heterocycles. The molecule has 1 rings (SSSR count). The van der Waals surface area contributed by atoms with Crippen LogP contribution in [0.1, 0.15) is 78.0 Å². The van der Waals surface area contributed by atoms with Gasteiger partial charge < -0.3 is 0 Å². The first-order chi connectivity index (χ1) is 9.33. The van der Waals surface area contributed by atoms with E-state index in [0.29, 0.717) is 0 Å². The second kappa shape index (κ2) is 10.1. The van der Waals surface area contributed by atoms with E-state index >= 15 is 0 Å². The summed E-state index contributed by atoms with van der Waals surface area (Å²) in [5.74, 6) is 1.53. The molecule has 0 saturated heterocycles. The van der Waals surface area contributed by atoms with Crippen LogP contribution in [-0.2, 0) is 19.5 Å². The van der Waals surface area contributed by atoms with Crippen LogP contribution in [0.5, 0.6) is 0 Å². The van der Waals surface area contributed by atoms with Crippen LogP contribution in [0, 0.1) is 0 Å². The molecular formula is C17H33N2+. The minimum absolute atomic E-state index is 1.19. The lowest BCUT2D eigenvalue weighted by Gasteiger charge is -2.04. The van der Waals surface area contributed by atoms with Crippen LogP contribution in [-0.4, -0.2) is 4.57 Å². The van der Waals surface area contributed by atoms with Gasteiger partial charge in [-0.1, -0.05) is 46.5 Å². The first kappa shape index (κ1) is 16.3. The van der Waals surface area contributed by atoms with Gasteiger partial charge in [0.2, 0.25) is 0 Å². The predicted octanol–water partition coefficient (Wildman–Crippen LogP) is 4.50. The normalized spacial score (nSPS) is 11.1. The molecule has 0 aromatic carbocycles. The molecule has 0 aliphatic rings. The molecule has 1 heterocycles. The monoisotopic (exact) mass is 265 g/mol. The molecule has 1 aromatic heterocycles. The first-order valence-corrected chi connectivity index (χ1v) is 8.40. The van der Waals surface area contributed by atoms with Crippen LogP contribution >= 0.6 is 0 Å². The van der Waals surface area contributed by atoms with E-state index in [9.17, 15) is 0 Å². The molecule has 0 aliphatic carbocycles. The highest BCUT2D eigenvalue weighted by molar-refractivity contribution is 4.83. The van der Waals surface area contributed by atoms with Crippen molar-refractivity contribution < 1.29 is 4.57 Å². The van der Waals surface area contributed by atoms with Crippen molar-refractivity contribution in [2.45, 2.75) is 91.6 Å². The lowest BCUT2D eigenvalue weighted by atomic mass is 10.1. The third kappa shape index (κ3) is 5.80. The largest absolute Gasteiger partial charge is 0.256 e. The van der Waals surface area contributed by atoms with Crippen LogP contribution in [0.3, 0.4) is 0 Å². The van der Waals surface area contributed by atoms with Crippen molar-refractivity contribution >= 4 is 0 Å². The zero-order valence-corrected chi connectivity index (χ0v) is 13.3. The summed E-state index contributed by atoms with van der Waals surface area (Å²) in [7, 11) is 0. The van der Waals surface area contributed by atoms with Crippen molar-refractivity contribution in [1.29, 1.82) is 0 Å². The second-order valence-electron chi connectivity index (χ2n) is 5.62. The number of nitrogens with zero attached hydrogens (tertiary/aromatic N) is 2. The molecule has 19 heavy (non-hydrogen) atoms. The lowest BCUT2D eigenvalue weighted by Crippen LogP contribution is -2.37. The molecule has 0 spiro atoms. The first-order valence-electron chi connectivity index (χ1n) is 8.40. The highest BCUT2D eigenvalue weighted by Gasteiger charge is 2.15. The van der Waals surface area contributed by atoms with Crippen molar-refractivity contribution in [2.24, 2.45) is 0 Å². The summed E-state index contributed by atoms with van der Waals surface area (Å²) >= 11 is 0. The van der Waals surface area contributed by atoms with Gasteiger partial charge in [0.25, 0.3) is 5.82 Å². The van der Waals surface area contributed by atoms with E-state index < -0.39 is 0 Å². The molecule has 110 valence electrons. The van der Waals surface area contributed by atoms with Gasteiger partial charge >= 0.3 is 0 Å². The number of rotatable bonds is 11. The molecule has 1 aromatic rings. The van der Waals surface area contributed by atoms with E-state index in [-0.39, 0.29) is 0 Å². The van der Waals surface area contributed by atoms with Gasteiger partial charge in [-0.3, -0.25) is 0 Å². The Bertz CT molecular complexity index is 328. The van der Waals surface area contributed by atoms with Crippen LogP contribution in [0.2, 0.25) is 0 Å². The fraction of sp³-hybridized carbons (Fsp3) is 0.824. The Balaban J connectivity index is 2.48. The molecule has 0 radical (unpaired) electrons. The SMILES string of the molecule is CCCCCCC[n+]1ccn(CCCC)c1CCC. The Hall–Kier alpha value is -0.790. The maximum atomic E-state index is 2.49. The van der Waals surface area contributed by atoms with Gasteiger partial charge in [-0.15, -0.1) is 0 Å². The molecule has 0 amide bonds. The van der Waals surface area contributed by atoms with Gasteiger partial charge in [0.15, 0.2) is 0 Å². The van der Waals surface area contributed by atoms with Gasteiger partial charge in [-0.2, -0.15) is 0 Å². The molecule has 0 atom stereocenters. The minimum Gasteiger partial charge on any atom is -0.234 e. The third-order valence-corrected chi connectivity index (χ3v) is 3.82. The van der Waals surface area contributed by atoms with Crippen molar-refractivity contribution in [3.05, 3.63) is 18.2 Å². The summed E-state index contributed by atoms with van der Waals surface area (Å²) in [6.45, 7) is 9.22. The van der Waals surface area contributed by atoms with Crippen LogP contribution < -0.4 is 4.57 Å². The summed E-state index contributed by atoms with van der Waals surface area (Å²) in [5, 5.41) is 0. The standard InChI is InChI=1S/C17H33N2/c1-4-7-9-10-11-14-19-16-15-18(13-8-5-2)17(19)12-6-3/h15-16H,4-14H2,1-3H3/q+1. The highest BCUT2D eigenvalue weighted by atomic mass is 15.1. The Morgan fingerprint density at radius 1 is 0.895 bits per heavy atom. The maximum Gasteiger partial charge on any atom is 0.256 e. The third-order valence-electron chi connectivity index (χ3n) is 3.82. The van der Waals surface area contributed by atoms with E-state index in [1.165, 1.54) is 76.7 Å². The van der Waals surface area contributed by atoms with E-state index in [2.05, 4.69) is 42.3 Å². The summed E-state index contributed by atoms with van der Waals surface area (Å²) in [4.78, 5) is 0. The Morgan fingerprint density at radius 2 is 1.63 bits per heavy atom. The number of hydrogen-bond donors (Lipinski definition) is 0. The highest BCUT2D eigenvalue weighted by Crippen LogP contribution is 2.06. The number of imidazole rings is 1. The quantitative estimate of drug-likeness (QED) is 0.411. The summed E-state index contributed by atoms with van der Waals surface area (Å²) in [6.07, 6.45) is 16.4. The Labute approximate surface area is 119 Å². The number of unbranched alkanes of at least 4 members (excludes halogenated alkanes) is 5. The van der Waals surface area contributed by atoms with E-state index in [4.69, 9.17) is 0 Å². The molecule has 0 fully saturated rings. The van der Waals surface area contributed by atoms with Gasteiger partial charge in [0, 0.05) is 6.42 Å². The van der Waals surface area contributed by atoms with Crippen LogP contribution in [0.4, 0.5) is 0 Å². The molecular weight excluding hydrogens is 232 g/mol. The molecule has 2 heteroatoms. The zero-order valence-electron chi connectivity index (χ0n) is 13.3. The van der Waals surface area contributed by atoms with Gasteiger partial charge in [-0.05, 0) is 25.7 Å². The fourth-order valence-corrected chi connectivity index (χ4v) is 2.63. The number of aromatic nitrogens is 2. The molecule has 0 unspecified atom stereocenters. The Kier molecular flexibility index (Phi) is 8.61. The lowest BCUT2D eigenvalue weighted by molar-refractivity contribution is -0.704. The van der Waals surface area contributed by atoms with Crippen molar-refractivity contribution in [3.63, 3.8) is 0 Å². The van der Waals surface area contributed by atoms with Crippen molar-refractivity contribution in [1.82, 2.24) is 4.57 Å². The summed E-state index contributed by atoms with van der Waals surface area (Å²) in [5.41, 5.74) is 0. The van der Waals surface area contributed by atoms with E-state index in [1.54, 1.807) is 0 Å². The van der Waals surface area contributed by atoms with Crippen LogP contribution in [0.15, 0.2) is 12.4 Å². The molecule has 2 nitrogen and oxygen atoms in total. The maximum absolute atomic E-state index is 2.49. The zero-order chi connectivity index (χ0) is 13.9. The van der Waals surface area contributed by atoms with Crippen molar-refractivity contribution in [3.8, 4) is 0 Å². The average molecular weight is 265 g/mol. The summed E-state index contributed by atoms with van der Waals surface area (Å²) < 4.78 is 4.96. The second-order valence-corrected chi connectivity index (χ2v) is 5.62. The van der Waals surface area contributed by atoms with Crippen LogP contribution in [0.25, 0.3) is 0 Å².